The standard InChI is InChI=1S/C21H16ClN3O3S/c22-16-3-1-2-13(10-16)4-5-14-11-18(20(23)19(12-14)21(24)26)15-6-8-17(9-7-15)29(25,27)28/h1-3,6-12H,23H2,(H2,24,26)(H2,25,27,28). The highest BCUT2D eigenvalue weighted by atomic mass is 35.5. The highest BCUT2D eigenvalue weighted by molar-refractivity contribution is 7.89. The topological polar surface area (TPSA) is 129 Å². The number of anilines is 1. The van der Waals surface area contributed by atoms with Crippen LogP contribution in [0.5, 0.6) is 0 Å². The maximum Gasteiger partial charge on any atom is 0.250 e. The summed E-state index contributed by atoms with van der Waals surface area (Å²) in [6.45, 7) is 0. The predicted molar refractivity (Wildman–Crippen MR) is 114 cm³/mol. The Balaban J connectivity index is 2.11. The van der Waals surface area contributed by atoms with Gasteiger partial charge in [0.05, 0.1) is 16.1 Å². The fourth-order valence-electron chi connectivity index (χ4n) is 2.70. The van der Waals surface area contributed by atoms with Crippen molar-refractivity contribution in [2.75, 3.05) is 5.73 Å². The van der Waals surface area contributed by atoms with E-state index < -0.39 is 15.9 Å². The molecule has 0 saturated heterocycles. The number of carbonyl (C=O) groups is 1. The third-order valence-electron chi connectivity index (χ3n) is 4.12. The molecule has 1 amide bonds. The molecule has 0 fully saturated rings. The van der Waals surface area contributed by atoms with E-state index in [4.69, 9.17) is 28.2 Å². The summed E-state index contributed by atoms with van der Waals surface area (Å²) in [4.78, 5) is 11.8. The van der Waals surface area contributed by atoms with Gasteiger partial charge < -0.3 is 11.5 Å². The molecule has 0 spiro atoms. The summed E-state index contributed by atoms with van der Waals surface area (Å²) >= 11 is 5.97. The van der Waals surface area contributed by atoms with Crippen molar-refractivity contribution < 1.29 is 13.2 Å². The number of primary sulfonamides is 1. The van der Waals surface area contributed by atoms with Gasteiger partial charge >= 0.3 is 0 Å². The molecule has 29 heavy (non-hydrogen) atoms. The summed E-state index contributed by atoms with van der Waals surface area (Å²) in [5.74, 6) is 5.24. The minimum absolute atomic E-state index is 0.0353. The zero-order valence-electron chi connectivity index (χ0n) is 15.0. The summed E-state index contributed by atoms with van der Waals surface area (Å²) in [6.07, 6.45) is 0. The second-order valence-corrected chi connectivity index (χ2v) is 8.18. The number of nitrogen functional groups attached to an aromatic ring is 1. The first kappa shape index (κ1) is 20.4. The third kappa shape index (κ3) is 4.76. The van der Waals surface area contributed by atoms with Crippen LogP contribution in [0, 0.1) is 11.8 Å². The predicted octanol–water partition coefficient (Wildman–Crippen LogP) is 2.74. The molecule has 3 rings (SSSR count). The highest BCUT2D eigenvalue weighted by Gasteiger charge is 2.14. The Morgan fingerprint density at radius 3 is 2.17 bits per heavy atom. The van der Waals surface area contributed by atoms with Gasteiger partial charge in [-0.2, -0.15) is 0 Å². The summed E-state index contributed by atoms with van der Waals surface area (Å²) in [7, 11) is -3.82. The Morgan fingerprint density at radius 1 is 0.931 bits per heavy atom. The second-order valence-electron chi connectivity index (χ2n) is 6.18. The Hall–Kier alpha value is -3.31. The zero-order chi connectivity index (χ0) is 21.2. The van der Waals surface area contributed by atoms with Gasteiger partial charge in [-0.3, -0.25) is 4.79 Å². The van der Waals surface area contributed by atoms with Crippen molar-refractivity contribution in [3.05, 3.63) is 82.4 Å². The van der Waals surface area contributed by atoms with Crippen LogP contribution in [0.15, 0.2) is 65.6 Å². The van der Waals surface area contributed by atoms with Crippen molar-refractivity contribution >= 4 is 33.2 Å². The van der Waals surface area contributed by atoms with Gasteiger partial charge in [0.2, 0.25) is 10.0 Å². The van der Waals surface area contributed by atoms with E-state index in [1.165, 1.54) is 18.2 Å². The van der Waals surface area contributed by atoms with Crippen LogP contribution >= 0.6 is 11.6 Å². The van der Waals surface area contributed by atoms with E-state index in [9.17, 15) is 13.2 Å². The quantitative estimate of drug-likeness (QED) is 0.440. The van der Waals surface area contributed by atoms with Crippen LogP contribution in [0.4, 0.5) is 5.69 Å². The smallest absolute Gasteiger partial charge is 0.250 e. The molecule has 0 radical (unpaired) electrons. The van der Waals surface area contributed by atoms with Crippen LogP contribution < -0.4 is 16.6 Å². The van der Waals surface area contributed by atoms with Gasteiger partial charge in [-0.1, -0.05) is 41.6 Å². The van der Waals surface area contributed by atoms with Crippen molar-refractivity contribution in [2.45, 2.75) is 4.90 Å². The number of halogens is 1. The van der Waals surface area contributed by atoms with E-state index >= 15 is 0 Å². The van der Waals surface area contributed by atoms with Crippen LogP contribution in [0.1, 0.15) is 21.5 Å². The van der Waals surface area contributed by atoms with Gasteiger partial charge in [0, 0.05) is 21.7 Å². The van der Waals surface area contributed by atoms with Gasteiger partial charge in [-0.15, -0.1) is 0 Å². The lowest BCUT2D eigenvalue weighted by Gasteiger charge is -2.11. The number of primary amides is 1. The molecule has 8 heteroatoms. The van der Waals surface area contributed by atoms with Crippen molar-refractivity contribution in [1.82, 2.24) is 0 Å². The van der Waals surface area contributed by atoms with Crippen LogP contribution in [0.2, 0.25) is 5.02 Å². The number of sulfonamides is 1. The van der Waals surface area contributed by atoms with Gasteiger partial charge in [0.25, 0.3) is 5.91 Å². The van der Waals surface area contributed by atoms with Gasteiger partial charge in [0.15, 0.2) is 0 Å². The van der Waals surface area contributed by atoms with E-state index in [1.54, 1.807) is 42.5 Å². The number of hydrogen-bond acceptors (Lipinski definition) is 4. The first-order chi connectivity index (χ1) is 13.6. The summed E-state index contributed by atoms with van der Waals surface area (Å²) < 4.78 is 22.9. The zero-order valence-corrected chi connectivity index (χ0v) is 16.6. The molecule has 0 bridgehead atoms. The SMILES string of the molecule is NC(=O)c1cc(C#Cc2cccc(Cl)c2)cc(-c2ccc(S(N)(=O)=O)cc2)c1N. The average molecular weight is 426 g/mol. The van der Waals surface area contributed by atoms with Crippen LogP contribution in [-0.4, -0.2) is 14.3 Å². The molecule has 0 unspecified atom stereocenters. The van der Waals surface area contributed by atoms with E-state index in [0.717, 1.165) is 0 Å². The Bertz CT molecular complexity index is 1270. The van der Waals surface area contributed by atoms with Gasteiger partial charge in [-0.05, 0) is 48.0 Å². The summed E-state index contributed by atoms with van der Waals surface area (Å²) in [6, 6.07) is 16.1. The summed E-state index contributed by atoms with van der Waals surface area (Å²) in [5, 5.41) is 5.69. The first-order valence-corrected chi connectivity index (χ1v) is 10.2. The molecule has 146 valence electrons. The second kappa shape index (κ2) is 7.97. The van der Waals surface area contributed by atoms with E-state index in [2.05, 4.69) is 11.8 Å². The lowest BCUT2D eigenvalue weighted by molar-refractivity contribution is 0.100. The van der Waals surface area contributed by atoms with Gasteiger partial charge in [-0.25, -0.2) is 13.6 Å². The molecule has 0 aromatic heterocycles. The lowest BCUT2D eigenvalue weighted by atomic mass is 9.97. The molecule has 0 heterocycles. The fraction of sp³-hybridized carbons (Fsp3) is 0. The van der Waals surface area contributed by atoms with E-state index in [0.29, 0.717) is 27.3 Å². The molecule has 3 aromatic carbocycles. The number of carbonyl (C=O) groups excluding carboxylic acids is 1. The third-order valence-corrected chi connectivity index (χ3v) is 5.28. The molecule has 0 aliphatic rings. The molecule has 6 N–H and O–H groups in total. The molecular weight excluding hydrogens is 410 g/mol. The number of hydrogen-bond donors (Lipinski definition) is 3. The van der Waals surface area contributed by atoms with Gasteiger partial charge in [0.1, 0.15) is 0 Å². The highest BCUT2D eigenvalue weighted by Crippen LogP contribution is 2.31. The number of nitrogens with two attached hydrogens (primary N) is 3. The van der Waals surface area contributed by atoms with Crippen LogP contribution in [-0.2, 0) is 10.0 Å². The number of amides is 1. The van der Waals surface area contributed by atoms with E-state index in [1.807, 2.05) is 0 Å². The molecule has 0 atom stereocenters. The average Bonchev–Trinajstić information content (AvgIpc) is 2.66. The molecule has 6 nitrogen and oxygen atoms in total. The van der Waals surface area contributed by atoms with Crippen molar-refractivity contribution in [1.29, 1.82) is 0 Å². The normalized spacial score (nSPS) is 10.8. The molecular formula is C21H16ClN3O3S. The minimum Gasteiger partial charge on any atom is -0.398 e. The van der Waals surface area contributed by atoms with Crippen LogP contribution in [0.25, 0.3) is 11.1 Å². The monoisotopic (exact) mass is 425 g/mol. The maximum absolute atomic E-state index is 11.8. The molecule has 3 aromatic rings. The number of rotatable bonds is 3. The lowest BCUT2D eigenvalue weighted by Crippen LogP contribution is -2.14. The Morgan fingerprint density at radius 2 is 1.59 bits per heavy atom. The van der Waals surface area contributed by atoms with E-state index in [-0.39, 0.29) is 16.1 Å². The van der Waals surface area contributed by atoms with Crippen molar-refractivity contribution in [3.63, 3.8) is 0 Å². The number of benzene rings is 3. The van der Waals surface area contributed by atoms with Crippen molar-refractivity contribution in [3.8, 4) is 23.0 Å². The molecule has 0 aliphatic heterocycles. The van der Waals surface area contributed by atoms with Crippen LogP contribution in [0.3, 0.4) is 0 Å². The Kier molecular flexibility index (Phi) is 5.62. The molecule has 0 saturated carbocycles. The fourth-order valence-corrected chi connectivity index (χ4v) is 3.41. The molecule has 0 aliphatic carbocycles. The summed E-state index contributed by atoms with van der Waals surface area (Å²) in [5.41, 5.74) is 14.2. The largest absolute Gasteiger partial charge is 0.398 e. The Labute approximate surface area is 173 Å². The maximum atomic E-state index is 11.8. The van der Waals surface area contributed by atoms with Crippen molar-refractivity contribution in [2.24, 2.45) is 10.9 Å². The first-order valence-electron chi connectivity index (χ1n) is 8.29. The minimum atomic E-state index is -3.82.